The number of hydrogen-bond donors (Lipinski definition) is 1. The minimum absolute atomic E-state index is 0.405. The number of amides is 1. The van der Waals surface area contributed by atoms with E-state index in [1.807, 2.05) is 0 Å². The van der Waals surface area contributed by atoms with Crippen molar-refractivity contribution in [3.63, 3.8) is 0 Å². The van der Waals surface area contributed by atoms with Gasteiger partial charge in [0.05, 0.1) is 0 Å². The summed E-state index contributed by atoms with van der Waals surface area (Å²) in [6, 6.07) is 0. The van der Waals surface area contributed by atoms with Crippen molar-refractivity contribution in [2.75, 3.05) is 26.2 Å². The number of rotatable bonds is 3. The Hall–Kier alpha value is -0.570. The lowest BCUT2D eigenvalue weighted by Crippen LogP contribution is -2.34. The molecule has 1 amide bonds. The minimum atomic E-state index is 0.405. The van der Waals surface area contributed by atoms with Gasteiger partial charge in [0.1, 0.15) is 0 Å². The molecule has 2 aliphatic rings. The molecule has 0 saturated carbocycles. The van der Waals surface area contributed by atoms with Crippen LogP contribution in [0.25, 0.3) is 0 Å². The molecule has 92 valence electrons. The van der Waals surface area contributed by atoms with Crippen LogP contribution in [0, 0.1) is 11.8 Å². The number of nitrogens with one attached hydrogen (secondary N) is 1. The van der Waals surface area contributed by atoms with E-state index < -0.39 is 0 Å². The zero-order valence-electron chi connectivity index (χ0n) is 10.4. The monoisotopic (exact) mass is 224 g/mol. The highest BCUT2D eigenvalue weighted by Gasteiger charge is 2.26. The fourth-order valence-corrected chi connectivity index (χ4v) is 2.85. The van der Waals surface area contributed by atoms with Crippen molar-refractivity contribution in [1.82, 2.24) is 10.2 Å². The van der Waals surface area contributed by atoms with E-state index in [1.54, 1.807) is 0 Å². The largest absolute Gasteiger partial charge is 0.342 e. The molecule has 0 aromatic carbocycles. The van der Waals surface area contributed by atoms with Crippen molar-refractivity contribution < 1.29 is 4.79 Å². The van der Waals surface area contributed by atoms with Gasteiger partial charge in [-0.25, -0.2) is 0 Å². The Morgan fingerprint density at radius 1 is 1.25 bits per heavy atom. The van der Waals surface area contributed by atoms with E-state index in [2.05, 4.69) is 17.1 Å². The molecule has 1 atom stereocenters. The molecule has 16 heavy (non-hydrogen) atoms. The van der Waals surface area contributed by atoms with E-state index in [9.17, 15) is 4.79 Å². The van der Waals surface area contributed by atoms with E-state index in [1.165, 1.54) is 25.7 Å². The molecule has 2 rings (SSSR count). The smallest absolute Gasteiger partial charge is 0.222 e. The summed E-state index contributed by atoms with van der Waals surface area (Å²) in [6.07, 6.45) is 5.58. The maximum atomic E-state index is 12.1. The molecule has 0 aromatic heterocycles. The van der Waals surface area contributed by atoms with Crippen molar-refractivity contribution in [3.05, 3.63) is 0 Å². The van der Waals surface area contributed by atoms with Gasteiger partial charge in [0.2, 0.25) is 5.91 Å². The Labute approximate surface area is 98.6 Å². The standard InChI is InChI=1S/C13H24N2O/c1-2-11-5-8-15(10-11)13(16)9-12-3-6-14-7-4-12/h11-12,14H,2-10H2,1H3. The molecular weight excluding hydrogens is 200 g/mol. The zero-order valence-corrected chi connectivity index (χ0v) is 10.4. The molecule has 1 N–H and O–H groups in total. The molecule has 2 aliphatic heterocycles. The quantitative estimate of drug-likeness (QED) is 0.790. The molecule has 1 unspecified atom stereocenters. The summed E-state index contributed by atoms with van der Waals surface area (Å²) in [6.45, 7) is 6.43. The number of carbonyl (C=O) groups is 1. The summed E-state index contributed by atoms with van der Waals surface area (Å²) in [5.41, 5.74) is 0. The van der Waals surface area contributed by atoms with Gasteiger partial charge in [-0.2, -0.15) is 0 Å². The summed E-state index contributed by atoms with van der Waals surface area (Å²) in [5, 5.41) is 3.35. The predicted molar refractivity (Wildman–Crippen MR) is 65.2 cm³/mol. The van der Waals surface area contributed by atoms with Crippen LogP contribution in [0.2, 0.25) is 0 Å². The predicted octanol–water partition coefficient (Wildman–Crippen LogP) is 1.63. The first-order valence-electron chi connectivity index (χ1n) is 6.78. The van der Waals surface area contributed by atoms with Gasteiger partial charge < -0.3 is 10.2 Å². The van der Waals surface area contributed by atoms with E-state index in [4.69, 9.17) is 0 Å². The number of carbonyl (C=O) groups excluding carboxylic acids is 1. The molecule has 3 heteroatoms. The normalized spacial score (nSPS) is 27.3. The van der Waals surface area contributed by atoms with Crippen molar-refractivity contribution in [3.8, 4) is 0 Å². The van der Waals surface area contributed by atoms with Crippen LogP contribution in [-0.4, -0.2) is 37.0 Å². The molecule has 0 radical (unpaired) electrons. The fraction of sp³-hybridized carbons (Fsp3) is 0.923. The number of piperidine rings is 1. The Bertz CT molecular complexity index is 236. The number of hydrogen-bond acceptors (Lipinski definition) is 2. The second-order valence-corrected chi connectivity index (χ2v) is 5.30. The third-order valence-electron chi connectivity index (χ3n) is 4.14. The van der Waals surface area contributed by atoms with Crippen LogP contribution in [0.3, 0.4) is 0 Å². The molecule has 0 aliphatic carbocycles. The third kappa shape index (κ3) is 2.97. The maximum Gasteiger partial charge on any atom is 0.222 e. The molecule has 2 fully saturated rings. The first-order valence-corrected chi connectivity index (χ1v) is 6.78. The first kappa shape index (κ1) is 11.9. The van der Waals surface area contributed by atoms with Crippen molar-refractivity contribution in [2.45, 2.75) is 39.0 Å². The second kappa shape index (κ2) is 5.67. The second-order valence-electron chi connectivity index (χ2n) is 5.30. The Kier molecular flexibility index (Phi) is 4.22. The average Bonchev–Trinajstić information content (AvgIpc) is 2.79. The molecule has 2 heterocycles. The van der Waals surface area contributed by atoms with Crippen LogP contribution in [0.5, 0.6) is 0 Å². The molecule has 0 spiro atoms. The number of nitrogens with zero attached hydrogens (tertiary/aromatic N) is 1. The van der Waals surface area contributed by atoms with Gasteiger partial charge in [0.15, 0.2) is 0 Å². The summed E-state index contributed by atoms with van der Waals surface area (Å²) < 4.78 is 0. The van der Waals surface area contributed by atoms with Gasteiger partial charge in [0, 0.05) is 19.5 Å². The van der Waals surface area contributed by atoms with Crippen LogP contribution < -0.4 is 5.32 Å². The molecule has 0 aromatic rings. The van der Waals surface area contributed by atoms with Gasteiger partial charge in [0.25, 0.3) is 0 Å². The summed E-state index contributed by atoms with van der Waals surface area (Å²) >= 11 is 0. The molecule has 2 saturated heterocycles. The van der Waals surface area contributed by atoms with E-state index in [0.717, 1.165) is 38.5 Å². The van der Waals surface area contributed by atoms with Gasteiger partial charge >= 0.3 is 0 Å². The van der Waals surface area contributed by atoms with Gasteiger partial charge in [-0.3, -0.25) is 4.79 Å². The Morgan fingerprint density at radius 3 is 2.62 bits per heavy atom. The lowest BCUT2D eigenvalue weighted by atomic mass is 9.94. The van der Waals surface area contributed by atoms with E-state index in [0.29, 0.717) is 11.8 Å². The van der Waals surface area contributed by atoms with Gasteiger partial charge in [-0.1, -0.05) is 13.3 Å². The number of likely N-dealkylation sites (tertiary alicyclic amines) is 1. The lowest BCUT2D eigenvalue weighted by Gasteiger charge is -2.24. The van der Waals surface area contributed by atoms with E-state index in [-0.39, 0.29) is 0 Å². The highest BCUT2D eigenvalue weighted by Crippen LogP contribution is 2.23. The zero-order chi connectivity index (χ0) is 11.4. The van der Waals surface area contributed by atoms with Crippen LogP contribution in [0.1, 0.15) is 39.0 Å². The Balaban J connectivity index is 1.75. The Morgan fingerprint density at radius 2 is 2.00 bits per heavy atom. The maximum absolute atomic E-state index is 12.1. The summed E-state index contributed by atoms with van der Waals surface area (Å²) in [4.78, 5) is 14.2. The average molecular weight is 224 g/mol. The summed E-state index contributed by atoms with van der Waals surface area (Å²) in [7, 11) is 0. The van der Waals surface area contributed by atoms with Crippen molar-refractivity contribution in [2.24, 2.45) is 11.8 Å². The van der Waals surface area contributed by atoms with Crippen LogP contribution in [-0.2, 0) is 4.79 Å². The van der Waals surface area contributed by atoms with Crippen LogP contribution in [0.4, 0.5) is 0 Å². The first-order chi connectivity index (χ1) is 7.79. The van der Waals surface area contributed by atoms with Crippen LogP contribution >= 0.6 is 0 Å². The van der Waals surface area contributed by atoms with Gasteiger partial charge in [-0.05, 0) is 44.2 Å². The highest BCUT2D eigenvalue weighted by atomic mass is 16.2. The molecule has 3 nitrogen and oxygen atoms in total. The highest BCUT2D eigenvalue weighted by molar-refractivity contribution is 5.76. The minimum Gasteiger partial charge on any atom is -0.342 e. The molecule has 0 bridgehead atoms. The fourth-order valence-electron chi connectivity index (χ4n) is 2.85. The molecular formula is C13H24N2O. The SMILES string of the molecule is CCC1CCN(C(=O)CC2CCNCC2)C1. The van der Waals surface area contributed by atoms with E-state index >= 15 is 0 Å². The van der Waals surface area contributed by atoms with Gasteiger partial charge in [-0.15, -0.1) is 0 Å². The van der Waals surface area contributed by atoms with Crippen LogP contribution in [0.15, 0.2) is 0 Å². The summed E-state index contributed by atoms with van der Waals surface area (Å²) in [5.74, 6) is 1.80. The lowest BCUT2D eigenvalue weighted by molar-refractivity contribution is -0.131. The van der Waals surface area contributed by atoms with Crippen molar-refractivity contribution in [1.29, 1.82) is 0 Å². The van der Waals surface area contributed by atoms with Crippen molar-refractivity contribution >= 4 is 5.91 Å². The third-order valence-corrected chi connectivity index (χ3v) is 4.14. The topological polar surface area (TPSA) is 32.3 Å².